The molecule has 0 aliphatic heterocycles. The van der Waals surface area contributed by atoms with Gasteiger partial charge in [-0.2, -0.15) is 0 Å². The summed E-state index contributed by atoms with van der Waals surface area (Å²) in [7, 11) is 0. The van der Waals surface area contributed by atoms with Gasteiger partial charge in [-0.05, 0) is 61.4 Å². The van der Waals surface area contributed by atoms with E-state index in [0.717, 1.165) is 30.2 Å². The fourth-order valence-corrected chi connectivity index (χ4v) is 5.13. The molecule has 0 radical (unpaired) electrons. The van der Waals surface area contributed by atoms with E-state index in [1.165, 1.54) is 23.5 Å². The van der Waals surface area contributed by atoms with Gasteiger partial charge in [-0.25, -0.2) is 13.6 Å². The Bertz CT molecular complexity index is 847. The van der Waals surface area contributed by atoms with E-state index in [9.17, 15) is 18.7 Å². The Morgan fingerprint density at radius 3 is 2.61 bits per heavy atom. The lowest BCUT2D eigenvalue weighted by Crippen LogP contribution is -2.18. The zero-order chi connectivity index (χ0) is 20.3. The summed E-state index contributed by atoms with van der Waals surface area (Å²) in [5, 5.41) is 19.2. The zero-order valence-corrected chi connectivity index (χ0v) is 16.6. The van der Waals surface area contributed by atoms with Crippen molar-refractivity contribution >= 4 is 35.0 Å². The molecule has 1 heterocycles. The van der Waals surface area contributed by atoms with Crippen LogP contribution in [0.5, 0.6) is 0 Å². The third kappa shape index (κ3) is 5.19. The van der Waals surface area contributed by atoms with Gasteiger partial charge in [-0.3, -0.25) is 0 Å². The highest BCUT2D eigenvalue weighted by Crippen LogP contribution is 2.40. The number of carboxylic acid groups (broad SMARTS) is 1. The number of alkyl halides is 1. The predicted molar refractivity (Wildman–Crippen MR) is 107 cm³/mol. The maximum atomic E-state index is 13.3. The van der Waals surface area contributed by atoms with Crippen LogP contribution < -0.4 is 0 Å². The lowest BCUT2D eigenvalue weighted by molar-refractivity contribution is 0.0702. The largest absolute Gasteiger partial charge is 0.477 e. The summed E-state index contributed by atoms with van der Waals surface area (Å²) in [5.74, 6) is -2.35. The first kappa shape index (κ1) is 21.0. The van der Waals surface area contributed by atoms with Crippen LogP contribution in [0.4, 0.5) is 8.78 Å². The first-order valence-electron chi connectivity index (χ1n) is 9.12. The highest BCUT2D eigenvalue weighted by atomic mass is 35.5. The normalized spacial score (nSPS) is 24.9. The number of carbonyl (C=O) groups is 1. The van der Waals surface area contributed by atoms with E-state index in [4.69, 9.17) is 16.7 Å². The Hall–Kier alpha value is -1.76. The molecular formula is C21H21ClF2O3S. The molecule has 7 heteroatoms. The van der Waals surface area contributed by atoms with Crippen molar-refractivity contribution in [2.45, 2.75) is 37.2 Å². The minimum Gasteiger partial charge on any atom is -0.477 e. The Labute approximate surface area is 171 Å². The standard InChI is InChI=1S/C21H21ClF2O3S/c22-18-11-19(25)17(6-4-12-8-13(23)10-14(24)9-12)16(18)3-1-2-15-5-7-20(28-15)21(26)27/h4-10,16-19,25H,1-3,11H2,(H,26,27)/b6-4+/t16-,17-,18-,19-/m1/s1. The van der Waals surface area contributed by atoms with Crippen molar-refractivity contribution in [1.82, 2.24) is 0 Å². The number of aryl methyl sites for hydroxylation is 1. The molecule has 1 saturated carbocycles. The fourth-order valence-electron chi connectivity index (χ4n) is 3.77. The molecule has 1 aliphatic carbocycles. The summed E-state index contributed by atoms with van der Waals surface area (Å²) in [6.45, 7) is 0. The van der Waals surface area contributed by atoms with Gasteiger partial charge in [0.15, 0.2) is 0 Å². The Morgan fingerprint density at radius 1 is 1.25 bits per heavy atom. The van der Waals surface area contributed by atoms with E-state index in [-0.39, 0.29) is 17.2 Å². The molecule has 0 saturated heterocycles. The molecule has 1 aromatic heterocycles. The minimum atomic E-state index is -0.921. The average molecular weight is 427 g/mol. The van der Waals surface area contributed by atoms with E-state index >= 15 is 0 Å². The van der Waals surface area contributed by atoms with E-state index < -0.39 is 23.7 Å². The first-order valence-corrected chi connectivity index (χ1v) is 10.4. The molecule has 3 rings (SSSR count). The van der Waals surface area contributed by atoms with Crippen molar-refractivity contribution in [3.05, 3.63) is 63.4 Å². The van der Waals surface area contributed by atoms with Crippen LogP contribution in [0.15, 0.2) is 36.4 Å². The lowest BCUT2D eigenvalue weighted by Gasteiger charge is -2.20. The van der Waals surface area contributed by atoms with E-state index in [2.05, 4.69) is 0 Å². The molecule has 150 valence electrons. The third-order valence-corrected chi connectivity index (χ3v) is 6.73. The van der Waals surface area contributed by atoms with E-state index in [1.807, 2.05) is 6.07 Å². The van der Waals surface area contributed by atoms with Gasteiger partial charge in [-0.15, -0.1) is 22.9 Å². The molecule has 2 aromatic rings. The van der Waals surface area contributed by atoms with Crippen molar-refractivity contribution in [1.29, 1.82) is 0 Å². The van der Waals surface area contributed by atoms with Crippen LogP contribution in [0.25, 0.3) is 6.08 Å². The van der Waals surface area contributed by atoms with Crippen molar-refractivity contribution < 1.29 is 23.8 Å². The number of hydrogen-bond acceptors (Lipinski definition) is 3. The zero-order valence-electron chi connectivity index (χ0n) is 15.0. The molecule has 28 heavy (non-hydrogen) atoms. The van der Waals surface area contributed by atoms with Crippen LogP contribution in [-0.2, 0) is 6.42 Å². The summed E-state index contributed by atoms with van der Waals surface area (Å²) in [5.41, 5.74) is 0.404. The SMILES string of the molecule is O=C(O)c1ccc(CCC[C@@H]2[C@@H](/C=C/c3cc(F)cc(F)c3)[C@H](O)C[C@H]2Cl)s1. The minimum absolute atomic E-state index is 0.0465. The van der Waals surface area contributed by atoms with Crippen LogP contribution in [-0.4, -0.2) is 27.7 Å². The molecule has 1 aliphatic rings. The van der Waals surface area contributed by atoms with Gasteiger partial charge in [0, 0.05) is 22.2 Å². The van der Waals surface area contributed by atoms with Crippen LogP contribution in [0.3, 0.4) is 0 Å². The molecule has 0 spiro atoms. The molecule has 4 atom stereocenters. The summed E-state index contributed by atoms with van der Waals surface area (Å²) in [6, 6.07) is 6.73. The van der Waals surface area contributed by atoms with Crippen molar-refractivity contribution in [2.75, 3.05) is 0 Å². The van der Waals surface area contributed by atoms with Gasteiger partial charge >= 0.3 is 5.97 Å². The summed E-state index contributed by atoms with van der Waals surface area (Å²) in [6.07, 6.45) is 5.64. The molecule has 0 unspecified atom stereocenters. The number of carboxylic acids is 1. The first-order chi connectivity index (χ1) is 13.3. The van der Waals surface area contributed by atoms with Crippen LogP contribution in [0.1, 0.15) is 39.4 Å². The average Bonchev–Trinajstić information content (AvgIpc) is 3.18. The molecule has 1 aromatic carbocycles. The summed E-state index contributed by atoms with van der Waals surface area (Å²) >= 11 is 7.71. The number of thiophene rings is 1. The van der Waals surface area contributed by atoms with Crippen LogP contribution >= 0.6 is 22.9 Å². The molecule has 2 N–H and O–H groups in total. The van der Waals surface area contributed by atoms with Crippen molar-refractivity contribution in [2.24, 2.45) is 11.8 Å². The Kier molecular flexibility index (Phi) is 6.86. The molecule has 3 nitrogen and oxygen atoms in total. The van der Waals surface area contributed by atoms with Gasteiger partial charge in [-0.1, -0.05) is 12.2 Å². The molecular weight excluding hydrogens is 406 g/mol. The topological polar surface area (TPSA) is 57.5 Å². The van der Waals surface area contributed by atoms with E-state index in [0.29, 0.717) is 16.9 Å². The van der Waals surface area contributed by atoms with Crippen LogP contribution in [0.2, 0.25) is 0 Å². The highest BCUT2D eigenvalue weighted by molar-refractivity contribution is 7.13. The second-order valence-electron chi connectivity index (χ2n) is 7.09. The van der Waals surface area contributed by atoms with Crippen molar-refractivity contribution in [3.63, 3.8) is 0 Å². The molecule has 0 amide bonds. The van der Waals surface area contributed by atoms with Crippen LogP contribution in [0, 0.1) is 23.5 Å². The predicted octanol–water partition coefficient (Wildman–Crippen LogP) is 5.37. The van der Waals surface area contributed by atoms with Gasteiger partial charge in [0.05, 0.1) is 6.10 Å². The second-order valence-corrected chi connectivity index (χ2v) is 8.81. The highest BCUT2D eigenvalue weighted by Gasteiger charge is 2.39. The summed E-state index contributed by atoms with van der Waals surface area (Å²) < 4.78 is 26.7. The second kappa shape index (κ2) is 9.16. The molecule has 1 fully saturated rings. The number of aliphatic hydroxyl groups excluding tert-OH is 1. The molecule has 0 bridgehead atoms. The van der Waals surface area contributed by atoms with Gasteiger partial charge < -0.3 is 10.2 Å². The number of aliphatic hydroxyl groups is 1. The van der Waals surface area contributed by atoms with Gasteiger partial charge in [0.2, 0.25) is 0 Å². The quantitative estimate of drug-likeness (QED) is 0.585. The summed E-state index contributed by atoms with van der Waals surface area (Å²) in [4.78, 5) is 12.3. The van der Waals surface area contributed by atoms with Gasteiger partial charge in [0.1, 0.15) is 16.5 Å². The lowest BCUT2D eigenvalue weighted by atomic mass is 9.89. The van der Waals surface area contributed by atoms with E-state index in [1.54, 1.807) is 18.2 Å². The smallest absolute Gasteiger partial charge is 0.345 e. The maximum Gasteiger partial charge on any atom is 0.345 e. The number of rotatable bonds is 7. The Balaban J connectivity index is 1.62. The number of aromatic carboxylic acids is 1. The third-order valence-electron chi connectivity index (χ3n) is 5.10. The maximum absolute atomic E-state index is 13.3. The monoisotopic (exact) mass is 426 g/mol. The number of halogens is 3. The fraction of sp³-hybridized carbons (Fsp3) is 0.381. The van der Waals surface area contributed by atoms with Gasteiger partial charge in [0.25, 0.3) is 0 Å². The van der Waals surface area contributed by atoms with Crippen molar-refractivity contribution in [3.8, 4) is 0 Å². The number of hydrogen-bond donors (Lipinski definition) is 2. The number of benzene rings is 1. The Morgan fingerprint density at radius 2 is 1.96 bits per heavy atom.